The molecule has 1 saturated carbocycles. The number of hydrogen-bond acceptors (Lipinski definition) is 3. The molecule has 1 aliphatic carbocycles. The lowest BCUT2D eigenvalue weighted by atomic mass is 9.93. The summed E-state index contributed by atoms with van der Waals surface area (Å²) in [4.78, 5) is 14.4. The number of carbonyl (C=O) groups is 1. The van der Waals surface area contributed by atoms with E-state index in [1.165, 1.54) is 0 Å². The number of nitrogens with two attached hydrogens (primary N) is 1. The Bertz CT molecular complexity index is 321. The van der Waals surface area contributed by atoms with Crippen LogP contribution in [0.15, 0.2) is 0 Å². The van der Waals surface area contributed by atoms with Crippen LogP contribution >= 0.6 is 0 Å². The van der Waals surface area contributed by atoms with Crippen LogP contribution < -0.4 is 5.73 Å². The molecule has 4 nitrogen and oxygen atoms in total. The summed E-state index contributed by atoms with van der Waals surface area (Å²) in [5.41, 5.74) is 5.24. The van der Waals surface area contributed by atoms with Crippen LogP contribution in [0.2, 0.25) is 0 Å². The molecular formula is C13H24N2O2. The number of carbonyl (C=O) groups excluding carboxylic acids is 1. The molecule has 0 aromatic carbocycles. The smallest absolute Gasteiger partial charge is 0.242 e. The van der Waals surface area contributed by atoms with Crippen LogP contribution in [0.5, 0.6) is 0 Å². The molecule has 0 aromatic heterocycles. The van der Waals surface area contributed by atoms with E-state index in [2.05, 4.69) is 0 Å². The molecule has 98 valence electrons. The van der Waals surface area contributed by atoms with Gasteiger partial charge in [0.15, 0.2) is 0 Å². The summed E-state index contributed by atoms with van der Waals surface area (Å²) in [7, 11) is 0. The fourth-order valence-electron chi connectivity index (χ4n) is 2.81. The summed E-state index contributed by atoms with van der Waals surface area (Å²) in [6, 6.07) is 0. The molecule has 1 heterocycles. The van der Waals surface area contributed by atoms with Crippen LogP contribution in [0, 0.1) is 5.92 Å². The first-order valence-corrected chi connectivity index (χ1v) is 6.48. The predicted octanol–water partition coefficient (Wildman–Crippen LogP) is 1.14. The van der Waals surface area contributed by atoms with Crippen molar-refractivity contribution in [1.29, 1.82) is 0 Å². The number of nitrogens with zero attached hydrogens (tertiary/aromatic N) is 1. The Kier molecular flexibility index (Phi) is 2.99. The fourth-order valence-corrected chi connectivity index (χ4v) is 2.81. The summed E-state index contributed by atoms with van der Waals surface area (Å²) in [6.45, 7) is 9.21. The number of morpholine rings is 1. The first-order chi connectivity index (χ1) is 7.72. The van der Waals surface area contributed by atoms with Crippen LogP contribution in [-0.4, -0.2) is 41.1 Å². The molecule has 2 N–H and O–H groups in total. The van der Waals surface area contributed by atoms with Crippen molar-refractivity contribution in [1.82, 2.24) is 4.90 Å². The minimum atomic E-state index is -0.687. The van der Waals surface area contributed by atoms with E-state index < -0.39 is 5.54 Å². The maximum Gasteiger partial charge on any atom is 0.242 e. The quantitative estimate of drug-likeness (QED) is 0.787. The van der Waals surface area contributed by atoms with Gasteiger partial charge in [-0.05, 0) is 46.5 Å². The average molecular weight is 240 g/mol. The van der Waals surface area contributed by atoms with E-state index in [4.69, 9.17) is 10.5 Å². The minimum absolute atomic E-state index is 0.0812. The van der Waals surface area contributed by atoms with Gasteiger partial charge in [-0.25, -0.2) is 0 Å². The lowest BCUT2D eigenvalue weighted by Crippen LogP contribution is -2.61. The van der Waals surface area contributed by atoms with Gasteiger partial charge in [0.05, 0.1) is 17.2 Å². The number of ether oxygens (including phenoxy) is 1. The third kappa shape index (κ3) is 2.63. The summed E-state index contributed by atoms with van der Waals surface area (Å²) >= 11 is 0. The number of hydrogen-bond donors (Lipinski definition) is 1. The van der Waals surface area contributed by atoms with Gasteiger partial charge in [-0.3, -0.25) is 4.79 Å². The van der Waals surface area contributed by atoms with Gasteiger partial charge in [-0.2, -0.15) is 0 Å². The highest BCUT2D eigenvalue weighted by atomic mass is 16.5. The van der Waals surface area contributed by atoms with Gasteiger partial charge in [0, 0.05) is 13.1 Å². The van der Waals surface area contributed by atoms with E-state index in [1.807, 2.05) is 32.6 Å². The molecule has 0 spiro atoms. The maximum atomic E-state index is 12.5. The van der Waals surface area contributed by atoms with E-state index in [1.54, 1.807) is 0 Å². The Hall–Kier alpha value is -0.610. The van der Waals surface area contributed by atoms with Crippen LogP contribution in [0.4, 0.5) is 0 Å². The van der Waals surface area contributed by atoms with Crippen LogP contribution in [-0.2, 0) is 9.53 Å². The second-order valence-electron chi connectivity index (χ2n) is 6.43. The summed E-state index contributed by atoms with van der Waals surface area (Å²) < 4.78 is 5.81. The Morgan fingerprint density at radius 1 is 1.47 bits per heavy atom. The first kappa shape index (κ1) is 12.8. The van der Waals surface area contributed by atoms with E-state index in [0.717, 1.165) is 12.8 Å². The third-order valence-corrected chi connectivity index (χ3v) is 3.74. The Balaban J connectivity index is 2.08. The van der Waals surface area contributed by atoms with Gasteiger partial charge in [0.1, 0.15) is 0 Å². The highest BCUT2D eigenvalue weighted by Gasteiger charge is 2.47. The van der Waals surface area contributed by atoms with Crippen LogP contribution in [0.25, 0.3) is 0 Å². The topological polar surface area (TPSA) is 55.6 Å². The van der Waals surface area contributed by atoms with Gasteiger partial charge in [-0.1, -0.05) is 0 Å². The van der Waals surface area contributed by atoms with E-state index in [-0.39, 0.29) is 17.6 Å². The Morgan fingerprint density at radius 3 is 2.53 bits per heavy atom. The molecule has 1 aliphatic heterocycles. The van der Waals surface area contributed by atoms with Gasteiger partial charge in [0.25, 0.3) is 0 Å². The maximum absolute atomic E-state index is 12.5. The molecule has 0 bridgehead atoms. The van der Waals surface area contributed by atoms with Crippen molar-refractivity contribution in [2.75, 3.05) is 13.1 Å². The van der Waals surface area contributed by atoms with E-state index >= 15 is 0 Å². The normalized spacial score (nSPS) is 32.1. The van der Waals surface area contributed by atoms with Crippen molar-refractivity contribution in [2.45, 2.75) is 57.8 Å². The van der Waals surface area contributed by atoms with Crippen molar-refractivity contribution < 1.29 is 9.53 Å². The van der Waals surface area contributed by atoms with Gasteiger partial charge in [-0.15, -0.1) is 0 Å². The summed E-state index contributed by atoms with van der Waals surface area (Å²) in [5, 5.41) is 0. The molecule has 2 rings (SSSR count). The van der Waals surface area contributed by atoms with Gasteiger partial charge < -0.3 is 15.4 Å². The molecular weight excluding hydrogens is 216 g/mol. The molecule has 1 amide bonds. The third-order valence-electron chi connectivity index (χ3n) is 3.74. The molecule has 2 aliphatic rings. The molecule has 2 fully saturated rings. The Labute approximate surface area is 103 Å². The Morgan fingerprint density at radius 2 is 2.06 bits per heavy atom. The zero-order valence-corrected chi connectivity index (χ0v) is 11.3. The summed E-state index contributed by atoms with van der Waals surface area (Å²) in [6.07, 6.45) is 2.25. The number of rotatable bonds is 2. The molecule has 0 aromatic rings. The lowest BCUT2D eigenvalue weighted by molar-refractivity contribution is -0.162. The molecule has 2 atom stereocenters. The standard InChI is InChI=1S/C13H24N2O2/c1-9-7-15(8-12(2,3)17-9)11(16)13(4,14)10-5-6-10/h9-10H,5-8,14H2,1-4H3. The SMILES string of the molecule is CC1CN(C(=O)C(C)(N)C2CC2)CC(C)(C)O1. The average Bonchev–Trinajstić information content (AvgIpc) is 2.96. The van der Waals surface area contributed by atoms with Crippen molar-refractivity contribution in [3.05, 3.63) is 0 Å². The lowest BCUT2D eigenvalue weighted by Gasteiger charge is -2.44. The molecule has 2 unspecified atom stereocenters. The molecule has 17 heavy (non-hydrogen) atoms. The van der Waals surface area contributed by atoms with Crippen LogP contribution in [0.3, 0.4) is 0 Å². The fraction of sp³-hybridized carbons (Fsp3) is 0.923. The van der Waals surface area contributed by atoms with Crippen molar-refractivity contribution in [2.24, 2.45) is 11.7 Å². The molecule has 4 heteroatoms. The zero-order valence-electron chi connectivity index (χ0n) is 11.3. The monoisotopic (exact) mass is 240 g/mol. The van der Waals surface area contributed by atoms with Crippen LogP contribution in [0.1, 0.15) is 40.5 Å². The van der Waals surface area contributed by atoms with E-state index in [0.29, 0.717) is 19.0 Å². The molecule has 0 radical (unpaired) electrons. The minimum Gasteiger partial charge on any atom is -0.369 e. The second-order valence-corrected chi connectivity index (χ2v) is 6.43. The highest BCUT2D eigenvalue weighted by molar-refractivity contribution is 5.86. The predicted molar refractivity (Wildman–Crippen MR) is 66.5 cm³/mol. The summed E-state index contributed by atoms with van der Waals surface area (Å²) in [5.74, 6) is 0.458. The highest BCUT2D eigenvalue weighted by Crippen LogP contribution is 2.39. The zero-order chi connectivity index (χ0) is 12.8. The van der Waals surface area contributed by atoms with E-state index in [9.17, 15) is 4.79 Å². The van der Waals surface area contributed by atoms with Gasteiger partial charge in [0.2, 0.25) is 5.91 Å². The van der Waals surface area contributed by atoms with Crippen molar-refractivity contribution in [3.8, 4) is 0 Å². The number of amides is 1. The van der Waals surface area contributed by atoms with Crippen molar-refractivity contribution >= 4 is 5.91 Å². The van der Waals surface area contributed by atoms with Gasteiger partial charge >= 0.3 is 0 Å². The largest absolute Gasteiger partial charge is 0.369 e. The molecule has 1 saturated heterocycles. The van der Waals surface area contributed by atoms with Crippen molar-refractivity contribution in [3.63, 3.8) is 0 Å². The second kappa shape index (κ2) is 3.95. The first-order valence-electron chi connectivity index (χ1n) is 6.48.